The maximum absolute atomic E-state index is 9.35. The zero-order chi connectivity index (χ0) is 14.4. The first-order chi connectivity index (χ1) is 10.3. The van der Waals surface area contributed by atoms with E-state index in [4.69, 9.17) is 4.42 Å². The Morgan fingerprint density at radius 1 is 1.43 bits per heavy atom. The molecule has 0 amide bonds. The van der Waals surface area contributed by atoms with Crippen LogP contribution in [0.3, 0.4) is 0 Å². The summed E-state index contributed by atoms with van der Waals surface area (Å²) in [5.41, 5.74) is 4.40. The molecule has 1 aromatic heterocycles. The quantitative estimate of drug-likeness (QED) is 0.945. The highest BCUT2D eigenvalue weighted by Crippen LogP contribution is 2.45. The predicted octanol–water partition coefficient (Wildman–Crippen LogP) is 3.21. The molecular formula is C16H16N2O2S. The summed E-state index contributed by atoms with van der Waals surface area (Å²) in [5.74, 6) is 0. The summed E-state index contributed by atoms with van der Waals surface area (Å²) in [6.07, 6.45) is 2.40. The first-order valence-electron chi connectivity index (χ1n) is 7.10. The number of aliphatic hydroxyl groups is 1. The Bertz CT molecular complexity index is 776. The van der Waals surface area contributed by atoms with E-state index in [-0.39, 0.29) is 6.61 Å². The number of thioether (sulfide) groups is 1. The molecule has 0 fully saturated rings. The minimum absolute atomic E-state index is 0.153. The number of rotatable bonds is 3. The highest BCUT2D eigenvalue weighted by Gasteiger charge is 2.33. The van der Waals surface area contributed by atoms with Gasteiger partial charge in [-0.05, 0) is 30.7 Å². The highest BCUT2D eigenvalue weighted by molar-refractivity contribution is 8.17. The molecule has 0 atom stereocenters. The second-order valence-electron chi connectivity index (χ2n) is 5.31. The fraction of sp³-hybridized carbons (Fsp3) is 0.312. The van der Waals surface area contributed by atoms with E-state index in [2.05, 4.69) is 28.9 Å². The number of hydrogen-bond acceptors (Lipinski definition) is 5. The van der Waals surface area contributed by atoms with Crippen molar-refractivity contribution in [1.82, 2.24) is 4.90 Å². The van der Waals surface area contributed by atoms with Crippen molar-refractivity contribution in [2.45, 2.75) is 13.3 Å². The Hall–Kier alpha value is -1.72. The number of nitrogens with zero attached hydrogens (tertiary/aromatic N) is 2. The van der Waals surface area contributed by atoms with Crippen molar-refractivity contribution in [2.75, 3.05) is 19.7 Å². The second-order valence-corrected chi connectivity index (χ2v) is 6.38. The van der Waals surface area contributed by atoms with Gasteiger partial charge in [0.15, 0.2) is 5.17 Å². The van der Waals surface area contributed by atoms with Crippen LogP contribution in [0.2, 0.25) is 0 Å². The number of fused-ring (bicyclic) bond motifs is 2. The number of aliphatic imine (C=N–C) groups is 1. The van der Waals surface area contributed by atoms with Crippen molar-refractivity contribution in [3.8, 4) is 0 Å². The maximum Gasteiger partial charge on any atom is 0.168 e. The fourth-order valence-electron chi connectivity index (χ4n) is 3.00. The average molecular weight is 300 g/mol. The smallest absolute Gasteiger partial charge is 0.168 e. The molecule has 4 nitrogen and oxygen atoms in total. The summed E-state index contributed by atoms with van der Waals surface area (Å²) in [6, 6.07) is 6.30. The van der Waals surface area contributed by atoms with Gasteiger partial charge < -0.3 is 14.4 Å². The zero-order valence-corrected chi connectivity index (χ0v) is 12.6. The van der Waals surface area contributed by atoms with Crippen LogP contribution < -0.4 is 0 Å². The van der Waals surface area contributed by atoms with Crippen LogP contribution in [0.25, 0.3) is 16.7 Å². The molecule has 0 saturated carbocycles. The Morgan fingerprint density at radius 2 is 2.33 bits per heavy atom. The summed E-state index contributed by atoms with van der Waals surface area (Å²) in [6.45, 7) is 4.00. The van der Waals surface area contributed by atoms with Crippen molar-refractivity contribution in [2.24, 2.45) is 4.99 Å². The standard InChI is InChI=1S/C16H16N2O2S/c1-10-8-11-3-7-20-15(11)12(9-10)14-13(2-6-19)21-16-17-4-5-18(14)16/h3,7-9,19H,2,4-6H2,1H3. The van der Waals surface area contributed by atoms with E-state index in [0.29, 0.717) is 6.42 Å². The molecule has 0 spiro atoms. The summed E-state index contributed by atoms with van der Waals surface area (Å²) in [5, 5.41) is 11.5. The maximum atomic E-state index is 9.35. The molecule has 2 aromatic rings. The van der Waals surface area contributed by atoms with E-state index in [1.165, 1.54) is 10.5 Å². The van der Waals surface area contributed by atoms with E-state index in [1.54, 1.807) is 18.0 Å². The van der Waals surface area contributed by atoms with Gasteiger partial charge in [-0.2, -0.15) is 0 Å². The summed E-state index contributed by atoms with van der Waals surface area (Å²) >= 11 is 1.68. The Labute approximate surface area is 127 Å². The van der Waals surface area contributed by atoms with Gasteiger partial charge in [0, 0.05) is 35.4 Å². The molecular weight excluding hydrogens is 284 g/mol. The van der Waals surface area contributed by atoms with E-state index in [9.17, 15) is 5.11 Å². The van der Waals surface area contributed by atoms with Gasteiger partial charge in [0.1, 0.15) is 5.58 Å². The first kappa shape index (κ1) is 13.0. The monoisotopic (exact) mass is 300 g/mol. The largest absolute Gasteiger partial charge is 0.464 e. The number of furan rings is 1. The van der Waals surface area contributed by atoms with Crippen LogP contribution in [0, 0.1) is 6.92 Å². The van der Waals surface area contributed by atoms with Gasteiger partial charge in [-0.25, -0.2) is 0 Å². The SMILES string of the molecule is Cc1cc(C2=C(CCO)SC3=NCCN32)c2occc2c1. The number of amidine groups is 1. The van der Waals surface area contributed by atoms with Gasteiger partial charge in [0.2, 0.25) is 0 Å². The van der Waals surface area contributed by atoms with Gasteiger partial charge in [0.25, 0.3) is 0 Å². The van der Waals surface area contributed by atoms with Crippen molar-refractivity contribution in [3.05, 3.63) is 40.5 Å². The third-order valence-corrected chi connectivity index (χ3v) is 5.02. The minimum Gasteiger partial charge on any atom is -0.464 e. The molecule has 0 bridgehead atoms. The van der Waals surface area contributed by atoms with Crippen LogP contribution in [-0.2, 0) is 0 Å². The highest BCUT2D eigenvalue weighted by atomic mass is 32.2. The van der Waals surface area contributed by atoms with E-state index in [1.807, 2.05) is 6.07 Å². The molecule has 5 heteroatoms. The molecule has 1 aromatic carbocycles. The number of aryl methyl sites for hydroxylation is 1. The molecule has 1 N–H and O–H groups in total. The van der Waals surface area contributed by atoms with Gasteiger partial charge >= 0.3 is 0 Å². The molecule has 0 unspecified atom stereocenters. The van der Waals surface area contributed by atoms with Gasteiger partial charge in [-0.3, -0.25) is 4.99 Å². The lowest BCUT2D eigenvalue weighted by Gasteiger charge is -2.18. The Balaban J connectivity index is 1.94. The fourth-order valence-corrected chi connectivity index (χ4v) is 4.18. The molecule has 0 radical (unpaired) electrons. The molecule has 3 heterocycles. The molecule has 108 valence electrons. The lowest BCUT2D eigenvalue weighted by atomic mass is 10.0. The molecule has 21 heavy (non-hydrogen) atoms. The zero-order valence-electron chi connectivity index (χ0n) is 11.8. The van der Waals surface area contributed by atoms with Crippen LogP contribution in [0.1, 0.15) is 17.5 Å². The average Bonchev–Trinajstić information content (AvgIpc) is 3.12. The second kappa shape index (κ2) is 4.93. The van der Waals surface area contributed by atoms with Gasteiger partial charge in [0.05, 0.1) is 18.5 Å². The lowest BCUT2D eigenvalue weighted by Crippen LogP contribution is -2.20. The van der Waals surface area contributed by atoms with Gasteiger partial charge in [-0.15, -0.1) is 0 Å². The lowest BCUT2D eigenvalue weighted by molar-refractivity contribution is 0.301. The van der Waals surface area contributed by atoms with Crippen LogP contribution in [0.5, 0.6) is 0 Å². The molecule has 2 aliphatic heterocycles. The number of hydrogen-bond donors (Lipinski definition) is 1. The number of aliphatic hydroxyl groups excluding tert-OH is 1. The minimum atomic E-state index is 0.153. The van der Waals surface area contributed by atoms with Crippen LogP contribution in [0.15, 0.2) is 38.8 Å². The van der Waals surface area contributed by atoms with E-state index >= 15 is 0 Å². The Kier molecular flexibility index (Phi) is 3.05. The molecule has 2 aliphatic rings. The molecule has 0 saturated heterocycles. The molecule has 4 rings (SSSR count). The van der Waals surface area contributed by atoms with Crippen molar-refractivity contribution in [1.29, 1.82) is 0 Å². The summed E-state index contributed by atoms with van der Waals surface area (Å²) in [4.78, 5) is 7.98. The number of benzene rings is 1. The van der Waals surface area contributed by atoms with Crippen molar-refractivity contribution < 1.29 is 9.52 Å². The van der Waals surface area contributed by atoms with Crippen molar-refractivity contribution >= 4 is 33.6 Å². The summed E-state index contributed by atoms with van der Waals surface area (Å²) < 4.78 is 5.72. The normalized spacial score (nSPS) is 17.8. The molecule has 0 aliphatic carbocycles. The predicted molar refractivity (Wildman–Crippen MR) is 86.2 cm³/mol. The van der Waals surface area contributed by atoms with Gasteiger partial charge in [-0.1, -0.05) is 11.8 Å². The topological polar surface area (TPSA) is 49.0 Å². The van der Waals surface area contributed by atoms with E-state index < -0.39 is 0 Å². The third-order valence-electron chi connectivity index (χ3n) is 3.84. The third kappa shape index (κ3) is 2.00. The van der Waals surface area contributed by atoms with Crippen LogP contribution in [-0.4, -0.2) is 34.9 Å². The van der Waals surface area contributed by atoms with E-state index in [0.717, 1.165) is 40.5 Å². The van der Waals surface area contributed by atoms with Crippen molar-refractivity contribution in [3.63, 3.8) is 0 Å². The van der Waals surface area contributed by atoms with Crippen LogP contribution in [0.4, 0.5) is 0 Å². The Morgan fingerprint density at radius 3 is 3.19 bits per heavy atom. The summed E-state index contributed by atoms with van der Waals surface area (Å²) in [7, 11) is 0. The first-order valence-corrected chi connectivity index (χ1v) is 7.91. The van der Waals surface area contributed by atoms with Crippen LogP contribution >= 0.6 is 11.8 Å².